The summed E-state index contributed by atoms with van der Waals surface area (Å²) in [5.74, 6) is -5.94. The van der Waals surface area contributed by atoms with Crippen LogP contribution in [0.15, 0.2) is 4.99 Å². The highest BCUT2D eigenvalue weighted by Gasteiger charge is 2.75. The van der Waals surface area contributed by atoms with Crippen LogP contribution in [0.5, 0.6) is 0 Å². The van der Waals surface area contributed by atoms with Gasteiger partial charge in [-0.2, -0.15) is 4.99 Å². The van der Waals surface area contributed by atoms with Gasteiger partial charge in [-0.1, -0.05) is 5.10 Å². The molecule has 0 aromatic carbocycles. The maximum Gasteiger partial charge on any atom is 0.760 e. The number of hydrogen-bond donors (Lipinski definition) is 1. The molecule has 0 atom stereocenters. The molecule has 15 nitrogen and oxygen atoms in total. The Hall–Kier alpha value is -3.26. The van der Waals surface area contributed by atoms with E-state index in [4.69, 9.17) is 5.73 Å². The molecule has 0 aliphatic rings. The van der Waals surface area contributed by atoms with Gasteiger partial charge in [0.1, 0.15) is 0 Å². The van der Waals surface area contributed by atoms with Crippen molar-refractivity contribution in [1.82, 2.24) is 20.2 Å². The van der Waals surface area contributed by atoms with Crippen molar-refractivity contribution in [3.63, 3.8) is 0 Å². The molecular weight excluding hydrogens is 270 g/mol. The summed E-state index contributed by atoms with van der Waals surface area (Å²) in [6.45, 7) is 0. The number of nitrogens with zero attached hydrogens (tertiary/aromatic N) is 8. The topological polar surface area (TPSA) is 211 Å². The van der Waals surface area contributed by atoms with Gasteiger partial charge in [0.15, 0.2) is 14.8 Å². The summed E-state index contributed by atoms with van der Waals surface area (Å²) < 4.78 is 0.859. The first-order valence-electron chi connectivity index (χ1n) is 4.25. The number of aliphatic imine (C=N–C) groups is 1. The van der Waals surface area contributed by atoms with E-state index in [0.717, 1.165) is 4.68 Å². The van der Waals surface area contributed by atoms with Crippen molar-refractivity contribution in [3.8, 4) is 0 Å². The molecule has 0 aliphatic carbocycles. The van der Waals surface area contributed by atoms with Crippen molar-refractivity contribution >= 4 is 11.8 Å². The highest BCUT2D eigenvalue weighted by atomic mass is 16.7. The standard InChI is InChI=1S/C4H5N9O6/c1-10-3(7-8-9-10)6-2(5)4(11(14)15,12(16)17)13(18)19/h1H3,(H2,5,6,7,9). The maximum absolute atomic E-state index is 10.7. The number of nitrogens with two attached hydrogens (primary N) is 1. The monoisotopic (exact) mass is 275 g/mol. The zero-order valence-electron chi connectivity index (χ0n) is 9.10. The average Bonchev–Trinajstić information content (AvgIpc) is 2.63. The molecule has 0 spiro atoms. The Morgan fingerprint density at radius 3 is 2.05 bits per heavy atom. The molecule has 0 radical (unpaired) electrons. The molecule has 0 fully saturated rings. The SMILES string of the molecule is Cn1nnnc1/N=C(\N)C([N+](=O)[O-])([N+](=O)[O-])[N+](=O)[O-]. The van der Waals surface area contributed by atoms with Crippen molar-refractivity contribution in [2.75, 3.05) is 0 Å². The van der Waals surface area contributed by atoms with E-state index in [0.29, 0.717) is 0 Å². The molecule has 15 heteroatoms. The Balaban J connectivity index is 3.46. The number of rotatable bonds is 5. The fourth-order valence-corrected chi connectivity index (χ4v) is 0.983. The molecule has 0 bridgehead atoms. The van der Waals surface area contributed by atoms with Crippen molar-refractivity contribution in [3.05, 3.63) is 30.3 Å². The molecule has 0 saturated heterocycles. The molecule has 0 unspecified atom stereocenters. The smallest absolute Gasteiger partial charge is 0.367 e. The molecule has 1 aromatic heterocycles. The van der Waals surface area contributed by atoms with Gasteiger partial charge in [-0.25, -0.2) is 4.68 Å². The predicted octanol–water partition coefficient (Wildman–Crippen LogP) is -2.32. The van der Waals surface area contributed by atoms with Crippen molar-refractivity contribution < 1.29 is 14.8 Å². The van der Waals surface area contributed by atoms with Crippen LogP contribution in [0.4, 0.5) is 5.95 Å². The van der Waals surface area contributed by atoms with Gasteiger partial charge in [0, 0.05) is 7.05 Å². The van der Waals surface area contributed by atoms with Gasteiger partial charge in [0.2, 0.25) is 0 Å². The second-order valence-electron chi connectivity index (χ2n) is 3.01. The van der Waals surface area contributed by atoms with Gasteiger partial charge >= 0.3 is 11.6 Å². The minimum Gasteiger partial charge on any atom is -0.367 e. The first-order chi connectivity index (χ1) is 8.74. The van der Waals surface area contributed by atoms with E-state index in [9.17, 15) is 30.3 Å². The first kappa shape index (κ1) is 13.8. The normalized spacial score (nSPS) is 12.2. The largest absolute Gasteiger partial charge is 0.760 e. The van der Waals surface area contributed by atoms with Gasteiger partial charge in [0.05, 0.1) is 0 Å². The molecule has 1 heterocycles. The first-order valence-corrected chi connectivity index (χ1v) is 4.25. The van der Waals surface area contributed by atoms with Crippen LogP contribution < -0.4 is 5.73 Å². The minimum atomic E-state index is -3.99. The molecule has 0 aliphatic heterocycles. The fourth-order valence-electron chi connectivity index (χ4n) is 0.983. The Bertz CT molecular complexity index is 539. The van der Waals surface area contributed by atoms with Crippen molar-refractivity contribution in [2.45, 2.75) is 5.79 Å². The Kier molecular flexibility index (Phi) is 3.30. The van der Waals surface area contributed by atoms with Crippen LogP contribution in [0, 0.1) is 30.3 Å². The van der Waals surface area contributed by atoms with Gasteiger partial charge in [-0.3, -0.25) is 30.3 Å². The van der Waals surface area contributed by atoms with Crippen LogP contribution in [-0.2, 0) is 7.05 Å². The van der Waals surface area contributed by atoms with Gasteiger partial charge in [-0.05, 0) is 10.4 Å². The fraction of sp³-hybridized carbons (Fsp3) is 0.500. The highest BCUT2D eigenvalue weighted by molar-refractivity contribution is 5.87. The van der Waals surface area contributed by atoms with Crippen LogP contribution in [0.2, 0.25) is 0 Å². The van der Waals surface area contributed by atoms with Crippen LogP contribution in [-0.4, -0.2) is 46.6 Å². The zero-order valence-corrected chi connectivity index (χ0v) is 9.10. The van der Waals surface area contributed by atoms with E-state index in [2.05, 4.69) is 20.5 Å². The van der Waals surface area contributed by atoms with Crippen LogP contribution >= 0.6 is 0 Å². The van der Waals surface area contributed by atoms with E-state index >= 15 is 0 Å². The number of aryl methyl sites for hydroxylation is 1. The van der Waals surface area contributed by atoms with E-state index in [1.54, 1.807) is 0 Å². The highest BCUT2D eigenvalue weighted by Crippen LogP contribution is 2.15. The molecule has 2 N–H and O–H groups in total. The van der Waals surface area contributed by atoms with E-state index in [1.807, 2.05) is 0 Å². The third-order valence-corrected chi connectivity index (χ3v) is 1.93. The molecule has 19 heavy (non-hydrogen) atoms. The van der Waals surface area contributed by atoms with Crippen LogP contribution in [0.1, 0.15) is 0 Å². The number of tetrazole rings is 1. The minimum absolute atomic E-state index is 0.465. The molecular formula is C4H5N9O6. The molecule has 1 aromatic rings. The molecule has 0 saturated carbocycles. The quantitative estimate of drug-likeness (QED) is 0.199. The van der Waals surface area contributed by atoms with Gasteiger partial charge in [0.25, 0.3) is 5.95 Å². The number of amidine groups is 1. The Morgan fingerprint density at radius 2 is 1.74 bits per heavy atom. The molecule has 102 valence electrons. The summed E-state index contributed by atoms with van der Waals surface area (Å²) in [6.07, 6.45) is 0. The third-order valence-electron chi connectivity index (χ3n) is 1.93. The number of nitro groups is 3. The lowest BCUT2D eigenvalue weighted by Gasteiger charge is -2.07. The number of aromatic nitrogens is 4. The van der Waals surface area contributed by atoms with Crippen LogP contribution in [0.3, 0.4) is 0 Å². The van der Waals surface area contributed by atoms with Crippen molar-refractivity contribution in [2.24, 2.45) is 17.8 Å². The lowest BCUT2D eigenvalue weighted by Crippen LogP contribution is -2.62. The Morgan fingerprint density at radius 1 is 1.26 bits per heavy atom. The molecule has 0 amide bonds. The van der Waals surface area contributed by atoms with E-state index < -0.39 is 32.3 Å². The Labute approximate surface area is 102 Å². The lowest BCUT2D eigenvalue weighted by molar-refractivity contribution is -0.945. The number of hydrogen-bond acceptors (Lipinski definition) is 10. The van der Waals surface area contributed by atoms with E-state index in [1.165, 1.54) is 7.05 Å². The summed E-state index contributed by atoms with van der Waals surface area (Å²) in [6, 6.07) is 0. The van der Waals surface area contributed by atoms with E-state index in [-0.39, 0.29) is 0 Å². The lowest BCUT2D eigenvalue weighted by atomic mass is 10.3. The molecule has 1 rings (SSSR count). The van der Waals surface area contributed by atoms with Crippen molar-refractivity contribution in [1.29, 1.82) is 0 Å². The second-order valence-corrected chi connectivity index (χ2v) is 3.01. The summed E-state index contributed by atoms with van der Waals surface area (Å²) in [5.41, 5.74) is 5.03. The average molecular weight is 275 g/mol. The van der Waals surface area contributed by atoms with Gasteiger partial charge in [-0.15, -0.1) is 0 Å². The maximum atomic E-state index is 10.7. The predicted molar refractivity (Wildman–Crippen MR) is 53.8 cm³/mol. The van der Waals surface area contributed by atoms with Crippen LogP contribution in [0.25, 0.3) is 0 Å². The summed E-state index contributed by atoms with van der Waals surface area (Å²) in [4.78, 5) is 29.8. The second kappa shape index (κ2) is 4.55. The summed E-state index contributed by atoms with van der Waals surface area (Å²) in [5, 5.41) is 41.6. The van der Waals surface area contributed by atoms with Gasteiger partial charge < -0.3 is 5.73 Å². The zero-order chi connectivity index (χ0) is 14.8. The third kappa shape index (κ3) is 1.98. The summed E-state index contributed by atoms with van der Waals surface area (Å²) in [7, 11) is 1.25. The summed E-state index contributed by atoms with van der Waals surface area (Å²) >= 11 is 0.